The van der Waals surface area contributed by atoms with E-state index in [-0.39, 0.29) is 12.5 Å². The third kappa shape index (κ3) is 4.21. The topological polar surface area (TPSA) is 69.1 Å². The maximum absolute atomic E-state index is 12.1. The average Bonchev–Trinajstić information content (AvgIpc) is 3.04. The number of halogens is 1. The van der Waals surface area contributed by atoms with Gasteiger partial charge in [-0.1, -0.05) is 53.7 Å². The lowest BCUT2D eigenvalue weighted by molar-refractivity contribution is -0.0168. The SMILES string of the molecule is O=c1[nH]nc(SCc2cc(Cl)cc3c2OCOC3)n1CCc1ccccc1. The Morgan fingerprint density at radius 1 is 1.26 bits per heavy atom. The summed E-state index contributed by atoms with van der Waals surface area (Å²) in [7, 11) is 0. The number of benzene rings is 2. The second-order valence-corrected chi connectivity index (χ2v) is 7.53. The highest BCUT2D eigenvalue weighted by molar-refractivity contribution is 7.98. The summed E-state index contributed by atoms with van der Waals surface area (Å²) < 4.78 is 12.6. The molecule has 0 atom stereocenters. The van der Waals surface area contributed by atoms with Gasteiger partial charge >= 0.3 is 5.69 Å². The normalized spacial score (nSPS) is 13.2. The van der Waals surface area contributed by atoms with Crippen LogP contribution in [0.15, 0.2) is 52.4 Å². The van der Waals surface area contributed by atoms with Gasteiger partial charge in [-0.3, -0.25) is 4.57 Å². The molecule has 2 heterocycles. The molecule has 0 fully saturated rings. The highest BCUT2D eigenvalue weighted by Crippen LogP contribution is 2.35. The summed E-state index contributed by atoms with van der Waals surface area (Å²) in [6.07, 6.45) is 0.765. The minimum absolute atomic E-state index is 0.203. The van der Waals surface area contributed by atoms with E-state index in [0.717, 1.165) is 23.3 Å². The number of aromatic amines is 1. The van der Waals surface area contributed by atoms with Crippen LogP contribution in [-0.2, 0) is 30.1 Å². The van der Waals surface area contributed by atoms with E-state index in [9.17, 15) is 4.79 Å². The van der Waals surface area contributed by atoms with Crippen LogP contribution in [-0.4, -0.2) is 21.6 Å². The number of hydrogen-bond donors (Lipinski definition) is 1. The van der Waals surface area contributed by atoms with Gasteiger partial charge in [0, 0.05) is 28.4 Å². The standard InChI is InChI=1S/C19H18ClN3O3S/c20-16-8-14-10-25-12-26-17(14)15(9-16)11-27-19-22-21-18(24)23(19)7-6-13-4-2-1-3-5-13/h1-5,8-9H,6-7,10-12H2,(H,21,24). The number of aromatic nitrogens is 3. The van der Waals surface area contributed by atoms with Crippen molar-refractivity contribution in [2.24, 2.45) is 0 Å². The summed E-state index contributed by atoms with van der Waals surface area (Å²) in [6, 6.07) is 13.8. The van der Waals surface area contributed by atoms with E-state index in [1.807, 2.05) is 30.3 Å². The van der Waals surface area contributed by atoms with Gasteiger partial charge in [0.05, 0.1) is 6.61 Å². The molecule has 0 spiro atoms. The van der Waals surface area contributed by atoms with E-state index in [2.05, 4.69) is 22.3 Å². The Morgan fingerprint density at radius 3 is 2.96 bits per heavy atom. The minimum atomic E-state index is -0.203. The van der Waals surface area contributed by atoms with Crippen molar-refractivity contribution in [1.29, 1.82) is 0 Å². The molecule has 1 aliphatic heterocycles. The molecule has 1 aliphatic rings. The highest BCUT2D eigenvalue weighted by atomic mass is 35.5. The molecular formula is C19H18ClN3O3S. The van der Waals surface area contributed by atoms with Crippen molar-refractivity contribution in [3.05, 3.63) is 74.7 Å². The van der Waals surface area contributed by atoms with Crippen LogP contribution in [0.5, 0.6) is 5.75 Å². The number of ether oxygens (including phenoxy) is 2. The van der Waals surface area contributed by atoms with Crippen molar-refractivity contribution in [3.8, 4) is 5.75 Å². The molecular weight excluding hydrogens is 386 g/mol. The zero-order valence-corrected chi connectivity index (χ0v) is 16.1. The molecule has 0 saturated heterocycles. The van der Waals surface area contributed by atoms with E-state index in [1.54, 1.807) is 4.57 Å². The van der Waals surface area contributed by atoms with Gasteiger partial charge in [0.15, 0.2) is 11.9 Å². The number of fused-ring (bicyclic) bond motifs is 1. The van der Waals surface area contributed by atoms with Crippen molar-refractivity contribution in [2.45, 2.75) is 30.5 Å². The summed E-state index contributed by atoms with van der Waals surface area (Å²) in [5, 5.41) is 8.00. The molecule has 0 aliphatic carbocycles. The largest absolute Gasteiger partial charge is 0.467 e. The zero-order valence-electron chi connectivity index (χ0n) is 14.5. The van der Waals surface area contributed by atoms with Crippen LogP contribution < -0.4 is 10.4 Å². The lowest BCUT2D eigenvalue weighted by Gasteiger charge is -2.21. The predicted molar refractivity (Wildman–Crippen MR) is 104 cm³/mol. The third-order valence-corrected chi connectivity index (χ3v) is 5.54. The highest BCUT2D eigenvalue weighted by Gasteiger charge is 2.18. The number of hydrogen-bond acceptors (Lipinski definition) is 5. The van der Waals surface area contributed by atoms with E-state index < -0.39 is 0 Å². The van der Waals surface area contributed by atoms with E-state index in [0.29, 0.717) is 29.1 Å². The van der Waals surface area contributed by atoms with Crippen molar-refractivity contribution in [3.63, 3.8) is 0 Å². The van der Waals surface area contributed by atoms with Gasteiger partial charge < -0.3 is 9.47 Å². The molecule has 27 heavy (non-hydrogen) atoms. The predicted octanol–water partition coefficient (Wildman–Crippen LogP) is 3.63. The van der Waals surface area contributed by atoms with Crippen LogP contribution in [0.1, 0.15) is 16.7 Å². The zero-order chi connectivity index (χ0) is 18.6. The molecule has 3 aromatic rings. The van der Waals surface area contributed by atoms with Crippen LogP contribution in [0.4, 0.5) is 0 Å². The maximum Gasteiger partial charge on any atom is 0.343 e. The second-order valence-electron chi connectivity index (χ2n) is 6.15. The Hall–Kier alpha value is -2.22. The first kappa shape index (κ1) is 18.2. The van der Waals surface area contributed by atoms with Gasteiger partial charge in [-0.05, 0) is 24.1 Å². The Kier molecular flexibility index (Phi) is 5.52. The number of nitrogens with zero attached hydrogens (tertiary/aromatic N) is 2. The van der Waals surface area contributed by atoms with Gasteiger partial charge in [0.1, 0.15) is 5.75 Å². The van der Waals surface area contributed by atoms with Crippen LogP contribution in [0.25, 0.3) is 0 Å². The first-order chi connectivity index (χ1) is 13.2. The van der Waals surface area contributed by atoms with Gasteiger partial charge in [-0.15, -0.1) is 5.10 Å². The first-order valence-corrected chi connectivity index (χ1v) is 9.91. The molecule has 1 aromatic heterocycles. The molecule has 6 nitrogen and oxygen atoms in total. The monoisotopic (exact) mass is 403 g/mol. The van der Waals surface area contributed by atoms with Crippen LogP contribution in [0, 0.1) is 0 Å². The van der Waals surface area contributed by atoms with E-state index in [1.165, 1.54) is 17.3 Å². The molecule has 8 heteroatoms. The molecule has 1 N–H and O–H groups in total. The fourth-order valence-corrected chi connectivity index (χ4v) is 4.21. The molecule has 4 rings (SSSR count). The van der Waals surface area contributed by atoms with Crippen LogP contribution in [0.2, 0.25) is 5.02 Å². The van der Waals surface area contributed by atoms with Gasteiger partial charge in [0.2, 0.25) is 0 Å². The van der Waals surface area contributed by atoms with Crippen molar-refractivity contribution < 1.29 is 9.47 Å². The summed E-state index contributed by atoms with van der Waals surface area (Å²) in [4.78, 5) is 12.1. The summed E-state index contributed by atoms with van der Waals surface area (Å²) in [6.45, 7) is 1.29. The molecule has 140 valence electrons. The lowest BCUT2D eigenvalue weighted by Crippen LogP contribution is -2.19. The first-order valence-electron chi connectivity index (χ1n) is 8.54. The molecule has 0 unspecified atom stereocenters. The molecule has 0 saturated carbocycles. The number of H-pyrrole nitrogens is 1. The summed E-state index contributed by atoms with van der Waals surface area (Å²) >= 11 is 7.70. The Labute approximate surface area is 165 Å². The summed E-state index contributed by atoms with van der Waals surface area (Å²) in [5.41, 5.74) is 2.88. The molecule has 0 bridgehead atoms. The quantitative estimate of drug-likeness (QED) is 0.636. The number of nitrogens with one attached hydrogen (secondary N) is 1. The van der Waals surface area contributed by atoms with Gasteiger partial charge in [-0.25, -0.2) is 9.89 Å². The van der Waals surface area contributed by atoms with Crippen LogP contribution >= 0.6 is 23.4 Å². The Bertz CT molecular complexity index is 988. The molecule has 0 amide bonds. The average molecular weight is 404 g/mol. The van der Waals surface area contributed by atoms with Crippen molar-refractivity contribution in [1.82, 2.24) is 14.8 Å². The number of rotatable bonds is 6. The lowest BCUT2D eigenvalue weighted by atomic mass is 10.1. The minimum Gasteiger partial charge on any atom is -0.467 e. The van der Waals surface area contributed by atoms with Gasteiger partial charge in [-0.2, -0.15) is 0 Å². The summed E-state index contributed by atoms with van der Waals surface area (Å²) in [5.74, 6) is 1.41. The smallest absolute Gasteiger partial charge is 0.343 e. The molecule has 0 radical (unpaired) electrons. The fraction of sp³-hybridized carbons (Fsp3) is 0.263. The van der Waals surface area contributed by atoms with E-state index >= 15 is 0 Å². The second kappa shape index (κ2) is 8.21. The third-order valence-electron chi connectivity index (χ3n) is 4.30. The van der Waals surface area contributed by atoms with E-state index in [4.69, 9.17) is 21.1 Å². The maximum atomic E-state index is 12.1. The van der Waals surface area contributed by atoms with Crippen molar-refractivity contribution in [2.75, 3.05) is 6.79 Å². The number of aryl methyl sites for hydroxylation is 1. The Morgan fingerprint density at radius 2 is 2.11 bits per heavy atom. The Balaban J connectivity index is 1.50. The van der Waals surface area contributed by atoms with Crippen molar-refractivity contribution >= 4 is 23.4 Å². The number of thioether (sulfide) groups is 1. The van der Waals surface area contributed by atoms with Gasteiger partial charge in [0.25, 0.3) is 0 Å². The molecule has 2 aromatic carbocycles. The fourth-order valence-electron chi connectivity index (χ4n) is 3.00. The van der Waals surface area contributed by atoms with Crippen LogP contribution in [0.3, 0.4) is 0 Å².